The van der Waals surface area contributed by atoms with Crippen LogP contribution in [-0.2, 0) is 18.9 Å². The van der Waals surface area contributed by atoms with Gasteiger partial charge in [0.25, 0.3) is 0 Å². The fraction of sp³-hybridized carbons (Fsp3) is 0.741. The third-order valence-corrected chi connectivity index (χ3v) is 4.91. The van der Waals surface area contributed by atoms with E-state index in [0.717, 1.165) is 0 Å². The fourth-order valence-electron chi connectivity index (χ4n) is 0.0833. The monoisotopic (exact) mass is 1160 g/mol. The first-order valence-electron chi connectivity index (χ1n) is 22.5. The molecule has 0 rings (SSSR count). The Hall–Kier alpha value is -0.118. The molecule has 0 saturated heterocycles. The minimum atomic E-state index is -0.417. The summed E-state index contributed by atoms with van der Waals surface area (Å²) in [7, 11) is 9.35. The van der Waals surface area contributed by atoms with E-state index in [9.17, 15) is 0 Å². The molecule has 0 aromatic heterocycles. The Morgan fingerprint density at radius 3 is 0.530 bits per heavy atom. The van der Waals surface area contributed by atoms with Crippen molar-refractivity contribution in [1.29, 1.82) is 0 Å². The van der Waals surface area contributed by atoms with Gasteiger partial charge in [0.2, 0.25) is 0 Å². The maximum atomic E-state index is 4.94. The molecule has 0 aliphatic carbocycles. The standard InChI is InChI=1S/C8H18.C6H14.C5H12O2.C5H12O.2C5H12.C2H8Ge.C2H6O.C2H5P.C2H6S.7C2H4.2CH3.Sn/c1-7(2,3)8(4,5)6;1-5-6(2,3)4;1-5(2,6-3)7-4;1-5(2,3)6-4;2*1-5(2,3)4;4*1-3-2;7*1-2;;;/h1-6H3;5H2,1-4H3;1-4H3;1-4H3;2*1-4H3;3H2,1-2H3;1-2H3;1H2,2H3;1-2H3;7*1-2H2;2*1H3;. The summed E-state index contributed by atoms with van der Waals surface area (Å²) in [6.07, 6.45) is 8.81. The first-order valence-corrected chi connectivity index (χ1v) is 37.3. The van der Waals surface area contributed by atoms with Gasteiger partial charge < -0.3 is 18.9 Å². The molecule has 66 heavy (non-hydrogen) atoms. The third-order valence-electron chi connectivity index (χ3n) is 4.91. The SMILES string of the molecule is C=C.C=C.C=C.C=C.C=C.C=C.C=C.C=PC.CC(C)(C)C.CC(C)(C)C.CC(C)(C)C(C)(C)C.CCC(C)(C)C.COC.COC(C)(C)C.COC(C)(C)OC.CSC.[CH3][GeH2][CH3].[CH3][Sn][CH3]. The predicted molar refractivity (Wildman–Crippen MR) is 343 cm³/mol. The summed E-state index contributed by atoms with van der Waals surface area (Å²) in [5.41, 5.74) is 2.46. The van der Waals surface area contributed by atoms with Crippen LogP contribution in [0.1, 0.15) is 166 Å². The van der Waals surface area contributed by atoms with Gasteiger partial charge in [0.15, 0.2) is 5.79 Å². The van der Waals surface area contributed by atoms with Crippen LogP contribution in [0.4, 0.5) is 0 Å². The molecule has 414 valence electrons. The molecule has 0 aliphatic heterocycles. The van der Waals surface area contributed by atoms with E-state index in [-0.39, 0.29) is 42.2 Å². The van der Waals surface area contributed by atoms with E-state index in [0.29, 0.717) is 27.1 Å². The molecule has 0 amide bonds. The van der Waals surface area contributed by atoms with Crippen LogP contribution in [0.2, 0.25) is 21.4 Å². The molecular weight excluding hydrogens is 1010 g/mol. The van der Waals surface area contributed by atoms with Crippen molar-refractivity contribution in [2.45, 2.75) is 198 Å². The molecule has 0 unspecified atom stereocenters. The van der Waals surface area contributed by atoms with E-state index < -0.39 is 5.79 Å². The average molecular weight is 1160 g/mol. The van der Waals surface area contributed by atoms with Gasteiger partial charge in [-0.2, -0.15) is 11.8 Å². The van der Waals surface area contributed by atoms with Gasteiger partial charge in [0.1, 0.15) is 0 Å². The molecule has 0 atom stereocenters. The second kappa shape index (κ2) is 102. The van der Waals surface area contributed by atoms with Crippen molar-refractivity contribution in [1.82, 2.24) is 0 Å². The summed E-state index contributed by atoms with van der Waals surface area (Å²) < 4.78 is 18.9. The van der Waals surface area contributed by atoms with Crippen LogP contribution in [0.5, 0.6) is 0 Å². The Morgan fingerprint density at radius 2 is 0.530 bits per heavy atom. The summed E-state index contributed by atoms with van der Waals surface area (Å²) in [5.74, 6) is 4.21. The van der Waals surface area contributed by atoms with E-state index in [1.54, 1.807) is 47.3 Å². The van der Waals surface area contributed by atoms with Crippen LogP contribution in [0.15, 0.2) is 92.1 Å². The second-order valence-corrected chi connectivity index (χ2v) is 27.1. The first kappa shape index (κ1) is 121. The molecule has 4 nitrogen and oxygen atoms in total. The zero-order valence-corrected chi connectivity index (χ0v) is 61.0. The molecule has 8 heteroatoms. The van der Waals surface area contributed by atoms with Gasteiger partial charge in [0.05, 0.1) is 5.60 Å². The van der Waals surface area contributed by atoms with Crippen molar-refractivity contribution in [2.24, 2.45) is 27.1 Å². The summed E-state index contributed by atoms with van der Waals surface area (Å²) in [4.78, 5) is 4.59. The molecule has 0 fully saturated rings. The van der Waals surface area contributed by atoms with E-state index >= 15 is 0 Å². The zero-order valence-electron chi connectivity index (χ0n) is 53.5. The topological polar surface area (TPSA) is 36.9 Å². The van der Waals surface area contributed by atoms with Gasteiger partial charge in [-0.05, 0) is 80.9 Å². The van der Waals surface area contributed by atoms with Crippen molar-refractivity contribution in [3.8, 4) is 0 Å². The Labute approximate surface area is 451 Å². The molecule has 0 N–H and O–H groups in total. The molecule has 0 saturated carbocycles. The van der Waals surface area contributed by atoms with Crippen LogP contribution in [0.3, 0.4) is 0 Å². The molecule has 0 spiro atoms. The Bertz CT molecular complexity index is 613. The van der Waals surface area contributed by atoms with E-state index in [1.807, 2.05) is 53.8 Å². The van der Waals surface area contributed by atoms with Gasteiger partial charge in [-0.25, -0.2) is 0 Å². The summed E-state index contributed by atoms with van der Waals surface area (Å²) in [6, 6.07) is 0. The van der Waals surface area contributed by atoms with Crippen LogP contribution in [0, 0.1) is 27.1 Å². The van der Waals surface area contributed by atoms with Gasteiger partial charge in [-0.15, -0.1) is 100 Å². The molecule has 0 aromatic rings. The summed E-state index contributed by atoms with van der Waals surface area (Å²) in [5, 5.41) is 0. The molecule has 2 radical (unpaired) electrons. The van der Waals surface area contributed by atoms with E-state index in [4.69, 9.17) is 14.2 Å². The maximum absolute atomic E-state index is 4.94. The number of thioether (sulfide) groups is 1. The van der Waals surface area contributed by atoms with E-state index in [1.165, 1.54) is 14.6 Å². The fourth-order valence-corrected chi connectivity index (χ4v) is 0.0833. The molecule has 0 aliphatic rings. The number of hydrogen-bond donors (Lipinski definition) is 0. The van der Waals surface area contributed by atoms with E-state index in [2.05, 4.69) is 249 Å². The second-order valence-electron chi connectivity index (χ2n) is 19.9. The Kier molecular flexibility index (Phi) is 187. The Balaban J connectivity index is -0.0000000236. The number of ether oxygens (including phenoxy) is 4. The minimum absolute atomic E-state index is 0.0417. The van der Waals surface area contributed by atoms with Crippen LogP contribution in [-0.4, -0.2) is 109 Å². The third kappa shape index (κ3) is 579. The van der Waals surface area contributed by atoms with Gasteiger partial charge in [-0.3, -0.25) is 0 Å². The number of hydrogen-bond acceptors (Lipinski definition) is 5. The molecule has 0 aromatic carbocycles. The predicted octanol–water partition coefficient (Wildman–Crippen LogP) is 21.0. The quantitative estimate of drug-likeness (QED) is 0.119. The van der Waals surface area contributed by atoms with Crippen molar-refractivity contribution in [2.75, 3.05) is 54.7 Å². The molecule has 0 heterocycles. The normalized spacial score (nSPS) is 8.83. The number of rotatable bonds is 2. The zero-order chi connectivity index (χ0) is 59.9. The van der Waals surface area contributed by atoms with Crippen molar-refractivity contribution < 1.29 is 18.9 Å². The van der Waals surface area contributed by atoms with Crippen LogP contribution < -0.4 is 0 Å². The molecule has 0 bridgehead atoms. The first-order chi connectivity index (χ1) is 29.6. The average Bonchev–Trinajstić information content (AvgIpc) is 3.20. The van der Waals surface area contributed by atoms with Crippen molar-refractivity contribution in [3.63, 3.8) is 0 Å². The summed E-state index contributed by atoms with van der Waals surface area (Å²) >= 11 is 2.10. The van der Waals surface area contributed by atoms with Crippen molar-refractivity contribution >= 4 is 62.8 Å². The van der Waals surface area contributed by atoms with Crippen molar-refractivity contribution in [3.05, 3.63) is 92.1 Å². The van der Waals surface area contributed by atoms with Crippen LogP contribution >= 0.6 is 20.0 Å². The summed E-state index contributed by atoms with van der Waals surface area (Å²) in [6.45, 7) is 93.8. The number of methoxy groups -OCH3 is 4. The van der Waals surface area contributed by atoms with Gasteiger partial charge in [0, 0.05) is 35.5 Å². The molecular formula is C58H139GeO4PSSn. The van der Waals surface area contributed by atoms with Gasteiger partial charge in [-0.1, -0.05) is 137 Å². The Morgan fingerprint density at radius 1 is 0.455 bits per heavy atom. The van der Waals surface area contributed by atoms with Crippen LogP contribution in [0.25, 0.3) is 0 Å². The van der Waals surface area contributed by atoms with Gasteiger partial charge >= 0.3 is 58.0 Å².